The fourth-order valence-electron chi connectivity index (χ4n) is 3.71. The molecule has 1 aromatic heterocycles. The van der Waals surface area contributed by atoms with Gasteiger partial charge in [-0.05, 0) is 31.1 Å². The summed E-state index contributed by atoms with van der Waals surface area (Å²) in [4.78, 5) is 14.6. The largest absolute Gasteiger partial charge is 0.381 e. The fraction of sp³-hybridized carbons (Fsp3) is 0.778. The zero-order chi connectivity index (χ0) is 16.9. The quantitative estimate of drug-likeness (QED) is 0.868. The predicted octanol–water partition coefficient (Wildman–Crippen LogP) is 2.54. The van der Waals surface area contributed by atoms with E-state index in [0.29, 0.717) is 24.3 Å². The number of likely N-dealkylation sites (tertiary alicyclic amines) is 1. The number of hydrogen-bond acceptors (Lipinski definition) is 4. The van der Waals surface area contributed by atoms with E-state index < -0.39 is 0 Å². The molecule has 2 saturated heterocycles. The molecule has 134 valence electrons. The summed E-state index contributed by atoms with van der Waals surface area (Å²) in [5.74, 6) is 1.98. The Hall–Kier alpha value is -1.40. The van der Waals surface area contributed by atoms with E-state index in [0.717, 1.165) is 51.5 Å². The van der Waals surface area contributed by atoms with E-state index in [4.69, 9.17) is 4.74 Å². The maximum atomic E-state index is 12.0. The highest BCUT2D eigenvalue weighted by Crippen LogP contribution is 2.26. The van der Waals surface area contributed by atoms with Gasteiger partial charge < -0.3 is 15.0 Å². The summed E-state index contributed by atoms with van der Waals surface area (Å²) in [6.07, 6.45) is 5.70. The Morgan fingerprint density at radius 1 is 1.38 bits per heavy atom. The molecule has 24 heavy (non-hydrogen) atoms. The highest BCUT2D eigenvalue weighted by molar-refractivity contribution is 5.89. The average molecular weight is 334 g/mol. The van der Waals surface area contributed by atoms with Crippen LogP contribution >= 0.6 is 0 Å². The summed E-state index contributed by atoms with van der Waals surface area (Å²) in [6, 6.07) is 2.28. The maximum Gasteiger partial charge on any atom is 0.225 e. The molecule has 0 bridgehead atoms. The number of hydrogen-bond donors (Lipinski definition) is 1. The molecule has 0 aliphatic carbocycles. The summed E-state index contributed by atoms with van der Waals surface area (Å²) < 4.78 is 7.49. The third-order valence-electron chi connectivity index (χ3n) is 4.97. The lowest BCUT2D eigenvalue weighted by Crippen LogP contribution is -2.38. The standard InChI is InChI=1S/C18H30N4O2/c1-14(2)11-18(23)20-17-3-7-19-22(17)16-4-8-21(9-5-16)12-15-6-10-24-13-15/h3,7,14-16H,4-6,8-13H2,1-2H3,(H,20,23). The SMILES string of the molecule is CC(C)CC(=O)Nc1ccnn1C1CCN(CC2CCOC2)CC1. The van der Waals surface area contributed by atoms with Gasteiger partial charge in [-0.3, -0.25) is 4.79 Å². The third-order valence-corrected chi connectivity index (χ3v) is 4.97. The van der Waals surface area contributed by atoms with E-state index >= 15 is 0 Å². The molecule has 3 heterocycles. The molecule has 2 aliphatic heterocycles. The van der Waals surface area contributed by atoms with E-state index in [1.807, 2.05) is 10.7 Å². The minimum Gasteiger partial charge on any atom is -0.381 e. The molecule has 2 fully saturated rings. The predicted molar refractivity (Wildman–Crippen MR) is 93.9 cm³/mol. The van der Waals surface area contributed by atoms with Crippen molar-refractivity contribution in [2.75, 3.05) is 38.2 Å². The normalized spacial score (nSPS) is 23.0. The summed E-state index contributed by atoms with van der Waals surface area (Å²) in [5, 5.41) is 7.48. The van der Waals surface area contributed by atoms with Crippen LogP contribution in [0.4, 0.5) is 5.82 Å². The van der Waals surface area contributed by atoms with Crippen molar-refractivity contribution in [1.29, 1.82) is 0 Å². The molecule has 1 atom stereocenters. The molecule has 2 aliphatic rings. The van der Waals surface area contributed by atoms with Crippen LogP contribution in [-0.4, -0.2) is 53.4 Å². The van der Waals surface area contributed by atoms with Crippen LogP contribution in [0.1, 0.15) is 45.6 Å². The van der Waals surface area contributed by atoms with Crippen molar-refractivity contribution in [1.82, 2.24) is 14.7 Å². The lowest BCUT2D eigenvalue weighted by Gasteiger charge is -2.33. The second-order valence-corrected chi connectivity index (χ2v) is 7.57. The van der Waals surface area contributed by atoms with Gasteiger partial charge in [0.1, 0.15) is 5.82 Å². The molecule has 1 N–H and O–H groups in total. The number of piperidine rings is 1. The van der Waals surface area contributed by atoms with Crippen molar-refractivity contribution >= 4 is 11.7 Å². The van der Waals surface area contributed by atoms with Crippen LogP contribution in [0.2, 0.25) is 0 Å². The van der Waals surface area contributed by atoms with Gasteiger partial charge in [-0.15, -0.1) is 0 Å². The first-order valence-electron chi connectivity index (χ1n) is 9.25. The van der Waals surface area contributed by atoms with Crippen LogP contribution in [0.15, 0.2) is 12.3 Å². The van der Waals surface area contributed by atoms with Gasteiger partial charge in [0.2, 0.25) is 5.91 Å². The topological polar surface area (TPSA) is 59.4 Å². The lowest BCUT2D eigenvalue weighted by atomic mass is 10.0. The van der Waals surface area contributed by atoms with E-state index in [-0.39, 0.29) is 5.91 Å². The first-order valence-corrected chi connectivity index (χ1v) is 9.25. The number of amides is 1. The molecule has 6 nitrogen and oxygen atoms in total. The monoisotopic (exact) mass is 334 g/mol. The van der Waals surface area contributed by atoms with Gasteiger partial charge in [-0.25, -0.2) is 4.68 Å². The van der Waals surface area contributed by atoms with Crippen molar-refractivity contribution in [3.8, 4) is 0 Å². The molecule has 0 saturated carbocycles. The van der Waals surface area contributed by atoms with Gasteiger partial charge in [0.25, 0.3) is 0 Å². The number of carbonyl (C=O) groups is 1. The summed E-state index contributed by atoms with van der Waals surface area (Å²) in [6.45, 7) is 9.31. The van der Waals surface area contributed by atoms with Crippen molar-refractivity contribution in [3.05, 3.63) is 12.3 Å². The Morgan fingerprint density at radius 2 is 2.17 bits per heavy atom. The number of carbonyl (C=O) groups excluding carboxylic acids is 1. The van der Waals surface area contributed by atoms with Crippen LogP contribution in [-0.2, 0) is 9.53 Å². The maximum absolute atomic E-state index is 12.0. The first-order chi connectivity index (χ1) is 11.6. The van der Waals surface area contributed by atoms with Gasteiger partial charge in [0, 0.05) is 38.7 Å². The first kappa shape index (κ1) is 17.4. The molecule has 6 heteroatoms. The minimum atomic E-state index is 0.0745. The number of anilines is 1. The van der Waals surface area contributed by atoms with Gasteiger partial charge in [-0.2, -0.15) is 5.10 Å². The van der Waals surface area contributed by atoms with Crippen molar-refractivity contribution < 1.29 is 9.53 Å². The highest BCUT2D eigenvalue weighted by Gasteiger charge is 2.26. The minimum absolute atomic E-state index is 0.0745. The summed E-state index contributed by atoms with van der Waals surface area (Å²) in [7, 11) is 0. The number of aromatic nitrogens is 2. The molecular weight excluding hydrogens is 304 g/mol. The average Bonchev–Trinajstić information content (AvgIpc) is 3.19. The van der Waals surface area contributed by atoms with Gasteiger partial charge in [-0.1, -0.05) is 13.8 Å². The zero-order valence-electron chi connectivity index (χ0n) is 14.9. The molecule has 0 radical (unpaired) electrons. The number of nitrogens with zero attached hydrogens (tertiary/aromatic N) is 3. The Bertz CT molecular complexity index is 529. The smallest absolute Gasteiger partial charge is 0.225 e. The third kappa shape index (κ3) is 4.57. The molecule has 1 amide bonds. The van der Waals surface area contributed by atoms with Crippen molar-refractivity contribution in [3.63, 3.8) is 0 Å². The number of rotatable bonds is 6. The van der Waals surface area contributed by atoms with E-state index in [1.54, 1.807) is 6.20 Å². The molecule has 0 spiro atoms. The van der Waals surface area contributed by atoms with E-state index in [9.17, 15) is 4.79 Å². The van der Waals surface area contributed by atoms with Gasteiger partial charge in [0.15, 0.2) is 0 Å². The van der Waals surface area contributed by atoms with Crippen LogP contribution in [0, 0.1) is 11.8 Å². The van der Waals surface area contributed by atoms with Crippen LogP contribution in [0.3, 0.4) is 0 Å². The Labute approximate surface area is 144 Å². The van der Waals surface area contributed by atoms with E-state index in [1.165, 1.54) is 6.42 Å². The zero-order valence-corrected chi connectivity index (χ0v) is 14.9. The van der Waals surface area contributed by atoms with Crippen LogP contribution < -0.4 is 5.32 Å². The van der Waals surface area contributed by atoms with E-state index in [2.05, 4.69) is 29.2 Å². The lowest BCUT2D eigenvalue weighted by molar-refractivity contribution is -0.116. The molecular formula is C18H30N4O2. The van der Waals surface area contributed by atoms with Crippen molar-refractivity contribution in [2.24, 2.45) is 11.8 Å². The van der Waals surface area contributed by atoms with Crippen molar-refractivity contribution in [2.45, 2.75) is 45.6 Å². The number of ether oxygens (including phenoxy) is 1. The Morgan fingerprint density at radius 3 is 2.83 bits per heavy atom. The molecule has 1 unspecified atom stereocenters. The Balaban J connectivity index is 1.51. The van der Waals surface area contributed by atoms with Gasteiger partial charge >= 0.3 is 0 Å². The molecule has 1 aromatic rings. The fourth-order valence-corrected chi connectivity index (χ4v) is 3.71. The highest BCUT2D eigenvalue weighted by atomic mass is 16.5. The summed E-state index contributed by atoms with van der Waals surface area (Å²) >= 11 is 0. The van der Waals surface area contributed by atoms with Crippen LogP contribution in [0.25, 0.3) is 0 Å². The second-order valence-electron chi connectivity index (χ2n) is 7.57. The van der Waals surface area contributed by atoms with Crippen LogP contribution in [0.5, 0.6) is 0 Å². The van der Waals surface area contributed by atoms with Gasteiger partial charge in [0.05, 0.1) is 18.8 Å². The molecule has 3 rings (SSSR count). The second kappa shape index (κ2) is 8.12. The summed E-state index contributed by atoms with van der Waals surface area (Å²) in [5.41, 5.74) is 0. The Kier molecular flexibility index (Phi) is 5.89. The number of nitrogens with one attached hydrogen (secondary N) is 1. The molecule has 0 aromatic carbocycles.